The molecule has 8 heteroatoms. The van der Waals surface area contributed by atoms with Crippen molar-refractivity contribution in [2.75, 3.05) is 0 Å². The standard InChI is InChI=1S/C22H14F5N3/c23-18-12-10-17(11-13-18)22(27)29-19(14-4-2-1-3-5-14)28-20(30-22)15-6-8-16(9-7-15)21(24,25)26/h1-13H,(H,28,29,30). The second-order valence-electron chi connectivity index (χ2n) is 6.58. The second-order valence-corrected chi connectivity index (χ2v) is 6.58. The lowest BCUT2D eigenvalue weighted by Gasteiger charge is -2.26. The Balaban J connectivity index is 1.80. The average molecular weight is 415 g/mol. The number of hydrogen-bond donors (Lipinski definition) is 1. The van der Waals surface area contributed by atoms with Crippen molar-refractivity contribution >= 4 is 11.7 Å². The number of aliphatic imine (C=N–C) groups is 2. The van der Waals surface area contributed by atoms with Crippen LogP contribution in [-0.4, -0.2) is 11.7 Å². The Morgan fingerprint density at radius 2 is 1.23 bits per heavy atom. The van der Waals surface area contributed by atoms with Gasteiger partial charge < -0.3 is 5.32 Å². The molecule has 1 aliphatic rings. The van der Waals surface area contributed by atoms with Crippen molar-refractivity contribution in [2.45, 2.75) is 12.1 Å². The number of nitrogens with one attached hydrogen (secondary N) is 1. The summed E-state index contributed by atoms with van der Waals surface area (Å²) in [4.78, 5) is 8.06. The summed E-state index contributed by atoms with van der Waals surface area (Å²) in [6.07, 6.45) is -4.49. The van der Waals surface area contributed by atoms with Gasteiger partial charge >= 0.3 is 12.1 Å². The summed E-state index contributed by atoms with van der Waals surface area (Å²) < 4.78 is 67.8. The van der Waals surface area contributed by atoms with E-state index >= 15 is 4.39 Å². The molecule has 0 fully saturated rings. The van der Waals surface area contributed by atoms with Gasteiger partial charge in [0.25, 0.3) is 0 Å². The molecule has 1 unspecified atom stereocenters. The van der Waals surface area contributed by atoms with Crippen LogP contribution in [0.15, 0.2) is 88.8 Å². The Labute approximate surface area is 168 Å². The maximum absolute atomic E-state index is 15.9. The fourth-order valence-corrected chi connectivity index (χ4v) is 2.97. The molecule has 0 aromatic heterocycles. The molecule has 0 spiro atoms. The molecule has 0 saturated carbocycles. The van der Waals surface area contributed by atoms with E-state index in [1.807, 2.05) is 0 Å². The monoisotopic (exact) mass is 415 g/mol. The molecule has 3 aromatic rings. The van der Waals surface area contributed by atoms with Crippen molar-refractivity contribution < 1.29 is 22.0 Å². The van der Waals surface area contributed by atoms with Crippen LogP contribution in [0.5, 0.6) is 0 Å². The van der Waals surface area contributed by atoms with Crippen molar-refractivity contribution in [1.29, 1.82) is 0 Å². The van der Waals surface area contributed by atoms with Crippen LogP contribution in [0.1, 0.15) is 22.3 Å². The molecule has 0 aliphatic carbocycles. The van der Waals surface area contributed by atoms with Crippen LogP contribution in [0.2, 0.25) is 0 Å². The third kappa shape index (κ3) is 3.94. The molecule has 30 heavy (non-hydrogen) atoms. The molecule has 4 rings (SSSR count). The molecule has 3 nitrogen and oxygen atoms in total. The normalized spacial score (nSPS) is 19.0. The Morgan fingerprint density at radius 1 is 0.700 bits per heavy atom. The fraction of sp³-hybridized carbons (Fsp3) is 0.0909. The molecular formula is C22H14F5N3. The first-order chi connectivity index (χ1) is 14.2. The molecular weight excluding hydrogens is 401 g/mol. The zero-order valence-corrected chi connectivity index (χ0v) is 15.3. The summed E-state index contributed by atoms with van der Waals surface area (Å²) in [5.41, 5.74) is -0.0377. The maximum atomic E-state index is 15.9. The number of hydrogen-bond acceptors (Lipinski definition) is 3. The smallest absolute Gasteiger partial charge is 0.324 e. The van der Waals surface area contributed by atoms with E-state index in [4.69, 9.17) is 0 Å². The van der Waals surface area contributed by atoms with Gasteiger partial charge in [0.1, 0.15) is 17.5 Å². The topological polar surface area (TPSA) is 36.8 Å². The van der Waals surface area contributed by atoms with Gasteiger partial charge in [-0.15, -0.1) is 0 Å². The first kappa shape index (κ1) is 19.8. The van der Waals surface area contributed by atoms with Gasteiger partial charge in [-0.2, -0.15) is 17.6 Å². The van der Waals surface area contributed by atoms with Crippen LogP contribution in [0.25, 0.3) is 0 Å². The predicted octanol–water partition coefficient (Wildman–Crippen LogP) is 5.42. The van der Waals surface area contributed by atoms with Crippen LogP contribution >= 0.6 is 0 Å². The van der Waals surface area contributed by atoms with Crippen molar-refractivity contribution in [3.05, 3.63) is 107 Å². The molecule has 1 atom stereocenters. The molecule has 1 heterocycles. The van der Waals surface area contributed by atoms with Gasteiger partial charge in [-0.3, -0.25) is 0 Å². The minimum absolute atomic E-state index is 0.00408. The molecule has 1 N–H and O–H groups in total. The van der Waals surface area contributed by atoms with Crippen molar-refractivity contribution in [3.63, 3.8) is 0 Å². The summed E-state index contributed by atoms with van der Waals surface area (Å²) in [5.74, 6) is -2.98. The predicted molar refractivity (Wildman–Crippen MR) is 103 cm³/mol. The highest BCUT2D eigenvalue weighted by Crippen LogP contribution is 2.34. The van der Waals surface area contributed by atoms with E-state index in [9.17, 15) is 17.6 Å². The first-order valence-electron chi connectivity index (χ1n) is 8.89. The Bertz CT molecular complexity index is 1100. The van der Waals surface area contributed by atoms with Crippen LogP contribution < -0.4 is 5.32 Å². The largest absolute Gasteiger partial charge is 0.416 e. The first-order valence-corrected chi connectivity index (χ1v) is 8.89. The third-order valence-corrected chi connectivity index (χ3v) is 4.50. The molecule has 3 aromatic carbocycles. The van der Waals surface area contributed by atoms with Gasteiger partial charge in [0.05, 0.1) is 5.56 Å². The van der Waals surface area contributed by atoms with Gasteiger partial charge in [0.2, 0.25) is 0 Å². The van der Waals surface area contributed by atoms with E-state index in [-0.39, 0.29) is 22.8 Å². The number of halogens is 5. The minimum Gasteiger partial charge on any atom is -0.324 e. The Kier molecular flexibility index (Phi) is 4.85. The van der Waals surface area contributed by atoms with Gasteiger partial charge in [-0.1, -0.05) is 42.5 Å². The van der Waals surface area contributed by atoms with Crippen LogP contribution in [-0.2, 0) is 12.1 Å². The second kappa shape index (κ2) is 7.37. The van der Waals surface area contributed by atoms with Crippen LogP contribution in [0, 0.1) is 5.82 Å². The molecule has 0 bridgehead atoms. The quantitative estimate of drug-likeness (QED) is 0.450. The molecule has 0 saturated heterocycles. The highest BCUT2D eigenvalue weighted by atomic mass is 19.4. The summed E-state index contributed by atoms with van der Waals surface area (Å²) in [7, 11) is 0. The summed E-state index contributed by atoms with van der Waals surface area (Å²) in [6.45, 7) is 0. The van der Waals surface area contributed by atoms with Gasteiger partial charge in [0, 0.05) is 16.7 Å². The molecule has 1 aliphatic heterocycles. The van der Waals surface area contributed by atoms with E-state index in [1.165, 1.54) is 24.3 Å². The van der Waals surface area contributed by atoms with E-state index < -0.39 is 23.5 Å². The fourth-order valence-electron chi connectivity index (χ4n) is 2.97. The highest BCUT2D eigenvalue weighted by Gasteiger charge is 2.36. The molecule has 152 valence electrons. The number of amidine groups is 2. The number of nitrogens with zero attached hydrogens (tertiary/aromatic N) is 2. The van der Waals surface area contributed by atoms with Crippen molar-refractivity contribution in [1.82, 2.24) is 5.32 Å². The Hall–Kier alpha value is -3.55. The van der Waals surface area contributed by atoms with Crippen LogP contribution in [0.4, 0.5) is 22.0 Å². The zero-order chi connectivity index (χ0) is 21.4. The average Bonchev–Trinajstić information content (AvgIpc) is 2.74. The summed E-state index contributed by atoms with van der Waals surface area (Å²) in [6, 6.07) is 17.5. The van der Waals surface area contributed by atoms with Gasteiger partial charge in [-0.05, 0) is 36.4 Å². The molecule has 0 radical (unpaired) electrons. The summed E-state index contributed by atoms with van der Waals surface area (Å²) >= 11 is 0. The van der Waals surface area contributed by atoms with Gasteiger partial charge in [0.15, 0.2) is 0 Å². The number of rotatable bonds is 3. The SMILES string of the molecule is Fc1ccc(C2(F)N=C(c3ccccc3)NC(c3ccc(C(F)(F)F)cc3)=N2)cc1. The maximum Gasteiger partial charge on any atom is 0.416 e. The summed E-state index contributed by atoms with van der Waals surface area (Å²) in [5, 5.41) is 2.89. The molecule has 0 amide bonds. The lowest BCUT2D eigenvalue weighted by Crippen LogP contribution is -2.40. The zero-order valence-electron chi connectivity index (χ0n) is 15.3. The Morgan fingerprint density at radius 3 is 1.77 bits per heavy atom. The van der Waals surface area contributed by atoms with E-state index in [0.717, 1.165) is 24.3 Å². The van der Waals surface area contributed by atoms with Crippen molar-refractivity contribution in [3.8, 4) is 0 Å². The lowest BCUT2D eigenvalue weighted by molar-refractivity contribution is -0.137. The van der Waals surface area contributed by atoms with Gasteiger partial charge in [-0.25, -0.2) is 14.4 Å². The van der Waals surface area contributed by atoms with E-state index in [1.54, 1.807) is 30.3 Å². The highest BCUT2D eigenvalue weighted by molar-refractivity contribution is 6.16. The van der Waals surface area contributed by atoms with E-state index in [2.05, 4.69) is 15.3 Å². The minimum atomic E-state index is -4.49. The number of benzene rings is 3. The van der Waals surface area contributed by atoms with E-state index in [0.29, 0.717) is 5.56 Å². The lowest BCUT2D eigenvalue weighted by atomic mass is 10.1. The van der Waals surface area contributed by atoms with Crippen molar-refractivity contribution in [2.24, 2.45) is 9.98 Å². The van der Waals surface area contributed by atoms with Crippen LogP contribution in [0.3, 0.4) is 0 Å². The third-order valence-electron chi connectivity index (χ3n) is 4.50. The number of alkyl halides is 4.